The van der Waals surface area contributed by atoms with Crippen LogP contribution in [0.3, 0.4) is 0 Å². The number of aromatic nitrogens is 2. The van der Waals surface area contributed by atoms with Crippen LogP contribution in [0.4, 0.5) is 5.82 Å². The molecule has 6 nitrogen and oxygen atoms in total. The highest BCUT2D eigenvalue weighted by Gasteiger charge is 2.26. The van der Waals surface area contributed by atoms with Gasteiger partial charge < -0.3 is 14.2 Å². The van der Waals surface area contributed by atoms with Crippen LogP contribution in [0.1, 0.15) is 17.3 Å². The molecule has 0 unspecified atom stereocenters. The fraction of sp³-hybridized carbons (Fsp3) is 0.545. The molecular formula is C11H14ClN3O3S. The van der Waals surface area contributed by atoms with Gasteiger partial charge >= 0.3 is 5.97 Å². The Morgan fingerprint density at radius 2 is 2.26 bits per heavy atom. The summed E-state index contributed by atoms with van der Waals surface area (Å²) in [7, 11) is 0. The van der Waals surface area contributed by atoms with Crippen LogP contribution >= 0.6 is 11.6 Å². The molecule has 1 aromatic heterocycles. The van der Waals surface area contributed by atoms with Crippen molar-refractivity contribution >= 4 is 34.6 Å². The van der Waals surface area contributed by atoms with Crippen molar-refractivity contribution < 1.29 is 14.1 Å². The molecule has 0 bridgehead atoms. The summed E-state index contributed by atoms with van der Waals surface area (Å²) in [6.45, 7) is 3.17. The van der Waals surface area contributed by atoms with E-state index in [9.17, 15) is 9.35 Å². The number of hydrogen-bond donors (Lipinski definition) is 0. The van der Waals surface area contributed by atoms with E-state index in [1.54, 1.807) is 6.92 Å². The van der Waals surface area contributed by atoms with Crippen molar-refractivity contribution in [3.63, 3.8) is 0 Å². The van der Waals surface area contributed by atoms with Crippen LogP contribution in [0.2, 0.25) is 5.28 Å². The third kappa shape index (κ3) is 3.49. The van der Waals surface area contributed by atoms with Crippen LogP contribution in [-0.2, 0) is 15.9 Å². The number of esters is 1. The number of ether oxygens (including phenoxy) is 1. The monoisotopic (exact) mass is 303 g/mol. The second-order valence-electron chi connectivity index (χ2n) is 3.93. The van der Waals surface area contributed by atoms with Crippen LogP contribution in [0.25, 0.3) is 0 Å². The van der Waals surface area contributed by atoms with E-state index in [0.717, 1.165) is 0 Å². The van der Waals surface area contributed by atoms with E-state index in [2.05, 4.69) is 9.97 Å². The molecule has 8 heteroatoms. The van der Waals surface area contributed by atoms with E-state index < -0.39 is 17.1 Å². The molecule has 0 amide bonds. The number of carbonyl (C=O) groups excluding carboxylic acids is 1. The minimum atomic E-state index is -0.795. The van der Waals surface area contributed by atoms with Gasteiger partial charge in [-0.15, -0.1) is 0 Å². The Bertz CT molecular complexity index is 466. The highest BCUT2D eigenvalue weighted by atomic mass is 35.5. The van der Waals surface area contributed by atoms with E-state index in [-0.39, 0.29) is 11.9 Å². The second kappa shape index (κ2) is 6.40. The molecule has 19 heavy (non-hydrogen) atoms. The van der Waals surface area contributed by atoms with Gasteiger partial charge in [-0.3, -0.25) is 0 Å². The van der Waals surface area contributed by atoms with Crippen LogP contribution in [0, 0.1) is 0 Å². The molecule has 0 spiro atoms. The molecule has 1 aliphatic rings. The summed E-state index contributed by atoms with van der Waals surface area (Å²) >= 11 is 4.99. The highest BCUT2D eigenvalue weighted by Crippen LogP contribution is 2.22. The molecule has 0 aromatic carbocycles. The fourth-order valence-electron chi connectivity index (χ4n) is 1.80. The lowest BCUT2D eigenvalue weighted by molar-refractivity contribution is 0.0526. The Hall–Kier alpha value is -1.05. The van der Waals surface area contributed by atoms with E-state index in [1.165, 1.54) is 6.20 Å². The van der Waals surface area contributed by atoms with Crippen molar-refractivity contribution in [2.24, 2.45) is 0 Å². The van der Waals surface area contributed by atoms with Gasteiger partial charge in [0.25, 0.3) is 0 Å². The number of hydrogen-bond acceptors (Lipinski definition) is 6. The standard InChI is InChI=1S/C11H14ClN3O3S/c1-2-18-10(16)8-7-13-11(12)14-9(8)15-3-5-19(17)6-4-15/h7H,2-6H2,1H3. The molecule has 1 aliphatic heterocycles. The molecule has 1 aromatic rings. The zero-order valence-corrected chi connectivity index (χ0v) is 12.0. The molecule has 0 radical (unpaired) electrons. The summed E-state index contributed by atoms with van der Waals surface area (Å²) < 4.78 is 16.3. The Morgan fingerprint density at radius 3 is 2.89 bits per heavy atom. The number of nitrogens with zero attached hydrogens (tertiary/aromatic N) is 3. The molecule has 0 N–H and O–H groups in total. The first kappa shape index (κ1) is 14.4. The summed E-state index contributed by atoms with van der Waals surface area (Å²) in [6, 6.07) is 0. The summed E-state index contributed by atoms with van der Waals surface area (Å²) in [5, 5.41) is 0.0785. The smallest absolute Gasteiger partial charge is 0.343 e. The van der Waals surface area contributed by atoms with Gasteiger partial charge in [-0.05, 0) is 18.5 Å². The maximum absolute atomic E-state index is 11.9. The van der Waals surface area contributed by atoms with Crippen LogP contribution < -0.4 is 4.90 Å². The van der Waals surface area contributed by atoms with E-state index in [0.29, 0.717) is 36.0 Å². The molecule has 1 saturated heterocycles. The number of rotatable bonds is 3. The minimum Gasteiger partial charge on any atom is -0.616 e. The first-order chi connectivity index (χ1) is 9.11. The average Bonchev–Trinajstić information content (AvgIpc) is 2.39. The van der Waals surface area contributed by atoms with E-state index in [1.807, 2.05) is 4.90 Å². The SMILES string of the molecule is CCOC(=O)c1cnc(Cl)nc1N1CC[S+]([O-])CC1. The predicted octanol–water partition coefficient (Wildman–Crippen LogP) is 0.875. The van der Waals surface area contributed by atoms with Crippen LogP contribution in [-0.4, -0.2) is 51.7 Å². The van der Waals surface area contributed by atoms with Crippen molar-refractivity contribution in [2.45, 2.75) is 6.92 Å². The summed E-state index contributed by atoms with van der Waals surface area (Å²) in [6.07, 6.45) is 1.37. The lowest BCUT2D eigenvalue weighted by atomic mass is 10.3. The van der Waals surface area contributed by atoms with Crippen molar-refractivity contribution in [1.82, 2.24) is 9.97 Å². The van der Waals surface area contributed by atoms with Gasteiger partial charge in [0.2, 0.25) is 5.28 Å². The maximum atomic E-state index is 11.9. The van der Waals surface area contributed by atoms with Gasteiger partial charge in [0.15, 0.2) is 0 Å². The van der Waals surface area contributed by atoms with E-state index >= 15 is 0 Å². The molecule has 0 saturated carbocycles. The van der Waals surface area contributed by atoms with Gasteiger partial charge in [-0.2, -0.15) is 4.98 Å². The van der Waals surface area contributed by atoms with Gasteiger partial charge in [-0.1, -0.05) is 11.2 Å². The summed E-state index contributed by atoms with van der Waals surface area (Å²) in [5.74, 6) is 1.10. The normalized spacial score (nSPS) is 16.5. The lowest BCUT2D eigenvalue weighted by Gasteiger charge is -2.29. The first-order valence-electron chi connectivity index (χ1n) is 5.91. The van der Waals surface area contributed by atoms with Crippen molar-refractivity contribution in [3.8, 4) is 0 Å². The highest BCUT2D eigenvalue weighted by molar-refractivity contribution is 7.91. The Labute approximate surface area is 119 Å². The number of halogens is 1. The van der Waals surface area contributed by atoms with Gasteiger partial charge in [-0.25, -0.2) is 9.78 Å². The molecule has 0 atom stereocenters. The Balaban J connectivity index is 2.27. The summed E-state index contributed by atoms with van der Waals surface area (Å²) in [4.78, 5) is 21.7. The summed E-state index contributed by atoms with van der Waals surface area (Å²) in [5.41, 5.74) is 0.291. The topological polar surface area (TPSA) is 78.4 Å². The maximum Gasteiger partial charge on any atom is 0.343 e. The van der Waals surface area contributed by atoms with Crippen molar-refractivity contribution in [2.75, 3.05) is 36.1 Å². The van der Waals surface area contributed by atoms with Crippen LogP contribution in [0.5, 0.6) is 0 Å². The number of carbonyl (C=O) groups is 1. The Kier molecular flexibility index (Phi) is 4.84. The third-order valence-corrected chi connectivity index (χ3v) is 4.17. The zero-order valence-electron chi connectivity index (χ0n) is 10.5. The van der Waals surface area contributed by atoms with Gasteiger partial charge in [0.05, 0.1) is 19.7 Å². The molecule has 104 valence electrons. The van der Waals surface area contributed by atoms with Crippen molar-refractivity contribution in [1.29, 1.82) is 0 Å². The largest absolute Gasteiger partial charge is 0.616 e. The second-order valence-corrected chi connectivity index (χ2v) is 5.97. The first-order valence-corrected chi connectivity index (χ1v) is 7.78. The third-order valence-electron chi connectivity index (χ3n) is 2.71. The van der Waals surface area contributed by atoms with E-state index in [4.69, 9.17) is 16.3 Å². The average molecular weight is 304 g/mol. The van der Waals surface area contributed by atoms with Crippen LogP contribution in [0.15, 0.2) is 6.20 Å². The lowest BCUT2D eigenvalue weighted by Crippen LogP contribution is -2.41. The zero-order chi connectivity index (χ0) is 13.8. The van der Waals surface area contributed by atoms with Gasteiger partial charge in [0, 0.05) is 6.20 Å². The number of anilines is 1. The fourth-order valence-corrected chi connectivity index (χ4v) is 2.98. The molecule has 1 fully saturated rings. The van der Waals surface area contributed by atoms with Crippen molar-refractivity contribution in [3.05, 3.63) is 17.0 Å². The quantitative estimate of drug-likeness (QED) is 0.468. The molecule has 2 rings (SSSR count). The Morgan fingerprint density at radius 1 is 1.58 bits per heavy atom. The minimum absolute atomic E-state index is 0.0785. The molecule has 2 heterocycles. The molecule has 0 aliphatic carbocycles. The van der Waals surface area contributed by atoms with Gasteiger partial charge in [0.1, 0.15) is 22.9 Å². The predicted molar refractivity (Wildman–Crippen MR) is 73.1 cm³/mol. The molecular weight excluding hydrogens is 290 g/mol.